The Morgan fingerprint density at radius 3 is 2.57 bits per heavy atom. The Hall–Kier alpha value is -2.04. The van der Waals surface area contributed by atoms with Crippen LogP contribution in [0.15, 0.2) is 48.5 Å². The topological polar surface area (TPSA) is 50.7 Å². The van der Waals surface area contributed by atoms with Crippen molar-refractivity contribution in [3.63, 3.8) is 0 Å². The lowest BCUT2D eigenvalue weighted by Gasteiger charge is -2.20. The predicted octanol–water partition coefficient (Wildman–Crippen LogP) is 3.06. The lowest BCUT2D eigenvalue weighted by molar-refractivity contribution is 0.153. The van der Waals surface area contributed by atoms with Gasteiger partial charge in [0.05, 0.1) is 6.10 Å². The van der Waals surface area contributed by atoms with E-state index in [0.29, 0.717) is 19.6 Å². The summed E-state index contributed by atoms with van der Waals surface area (Å²) in [6.45, 7) is 4.03. The quantitative estimate of drug-likeness (QED) is 0.860. The second-order valence-electron chi connectivity index (χ2n) is 5.92. The lowest BCUT2D eigenvalue weighted by Crippen LogP contribution is -2.27. The number of fused-ring (bicyclic) bond motifs is 1. The van der Waals surface area contributed by atoms with Crippen molar-refractivity contribution < 1.29 is 14.6 Å². The third kappa shape index (κ3) is 4.24. The Labute approximate surface area is 137 Å². The van der Waals surface area contributed by atoms with Crippen LogP contribution in [0.25, 0.3) is 0 Å². The van der Waals surface area contributed by atoms with Crippen LogP contribution in [0.1, 0.15) is 30.6 Å². The molecule has 122 valence electrons. The van der Waals surface area contributed by atoms with Crippen LogP contribution in [0.2, 0.25) is 0 Å². The number of hydrogen-bond donors (Lipinski definition) is 2. The molecular formula is C19H23NO3. The lowest BCUT2D eigenvalue weighted by atomic mass is 10.0. The van der Waals surface area contributed by atoms with Gasteiger partial charge in [-0.05, 0) is 36.6 Å². The van der Waals surface area contributed by atoms with E-state index in [2.05, 4.69) is 12.2 Å². The Bertz CT molecular complexity index is 630. The first-order valence-electron chi connectivity index (χ1n) is 8.07. The van der Waals surface area contributed by atoms with Gasteiger partial charge in [0.1, 0.15) is 13.2 Å². The molecule has 0 spiro atoms. The van der Waals surface area contributed by atoms with E-state index in [-0.39, 0.29) is 6.04 Å². The van der Waals surface area contributed by atoms with Gasteiger partial charge < -0.3 is 19.9 Å². The molecule has 4 nitrogen and oxygen atoms in total. The van der Waals surface area contributed by atoms with Crippen molar-refractivity contribution >= 4 is 0 Å². The molecule has 2 atom stereocenters. The first kappa shape index (κ1) is 15.8. The second kappa shape index (κ2) is 7.49. The third-order valence-corrected chi connectivity index (χ3v) is 4.02. The Morgan fingerprint density at radius 1 is 1.04 bits per heavy atom. The van der Waals surface area contributed by atoms with Gasteiger partial charge in [-0.3, -0.25) is 0 Å². The molecule has 1 heterocycles. The average Bonchev–Trinajstić information content (AvgIpc) is 2.60. The van der Waals surface area contributed by atoms with Gasteiger partial charge >= 0.3 is 0 Å². The van der Waals surface area contributed by atoms with E-state index in [0.717, 1.165) is 29.2 Å². The van der Waals surface area contributed by atoms with E-state index in [1.54, 1.807) is 0 Å². The molecule has 2 aromatic rings. The van der Waals surface area contributed by atoms with Crippen LogP contribution in [-0.4, -0.2) is 24.4 Å². The highest BCUT2D eigenvalue weighted by Crippen LogP contribution is 2.30. The molecule has 1 aliphatic heterocycles. The van der Waals surface area contributed by atoms with Gasteiger partial charge in [0.25, 0.3) is 0 Å². The number of aliphatic hydroxyl groups excluding tert-OH is 1. The number of ether oxygens (including phenoxy) is 2. The van der Waals surface area contributed by atoms with Crippen LogP contribution in [0.3, 0.4) is 0 Å². The van der Waals surface area contributed by atoms with Crippen molar-refractivity contribution in [3.05, 3.63) is 59.7 Å². The summed E-state index contributed by atoms with van der Waals surface area (Å²) in [5.74, 6) is 1.63. The summed E-state index contributed by atoms with van der Waals surface area (Å²) in [5, 5.41) is 13.7. The first-order valence-corrected chi connectivity index (χ1v) is 8.07. The Morgan fingerprint density at radius 2 is 1.78 bits per heavy atom. The monoisotopic (exact) mass is 313 g/mol. The summed E-state index contributed by atoms with van der Waals surface area (Å²) in [4.78, 5) is 0. The van der Waals surface area contributed by atoms with Crippen molar-refractivity contribution in [2.45, 2.75) is 32.0 Å². The summed E-state index contributed by atoms with van der Waals surface area (Å²) >= 11 is 0. The van der Waals surface area contributed by atoms with E-state index in [9.17, 15) is 5.11 Å². The molecule has 1 aliphatic rings. The Kier molecular flexibility index (Phi) is 5.16. The minimum Gasteiger partial charge on any atom is -0.486 e. The Balaban J connectivity index is 1.52. The number of benzene rings is 2. The molecule has 0 fully saturated rings. The zero-order valence-corrected chi connectivity index (χ0v) is 13.4. The fraction of sp³-hybridized carbons (Fsp3) is 0.368. The van der Waals surface area contributed by atoms with E-state index in [4.69, 9.17) is 9.47 Å². The molecule has 0 radical (unpaired) electrons. The molecule has 0 saturated heterocycles. The molecule has 2 N–H and O–H groups in total. The van der Waals surface area contributed by atoms with E-state index in [1.807, 2.05) is 48.5 Å². The van der Waals surface area contributed by atoms with Crippen LogP contribution in [-0.2, 0) is 6.54 Å². The fourth-order valence-corrected chi connectivity index (χ4v) is 2.72. The zero-order chi connectivity index (χ0) is 16.1. The maximum Gasteiger partial charge on any atom is 0.161 e. The van der Waals surface area contributed by atoms with Crippen molar-refractivity contribution in [1.29, 1.82) is 0 Å². The normalized spacial score (nSPS) is 15.9. The molecule has 0 saturated carbocycles. The van der Waals surface area contributed by atoms with E-state index >= 15 is 0 Å². The zero-order valence-electron chi connectivity index (χ0n) is 13.4. The predicted molar refractivity (Wildman–Crippen MR) is 89.8 cm³/mol. The molecule has 0 aromatic heterocycles. The highest BCUT2D eigenvalue weighted by Gasteiger charge is 2.14. The summed E-state index contributed by atoms with van der Waals surface area (Å²) in [6, 6.07) is 16.0. The van der Waals surface area contributed by atoms with Crippen LogP contribution in [0.4, 0.5) is 0 Å². The van der Waals surface area contributed by atoms with Gasteiger partial charge in [-0.1, -0.05) is 36.4 Å². The molecule has 23 heavy (non-hydrogen) atoms. The average molecular weight is 313 g/mol. The molecule has 2 unspecified atom stereocenters. The first-order chi connectivity index (χ1) is 11.2. The van der Waals surface area contributed by atoms with Gasteiger partial charge in [0.15, 0.2) is 11.5 Å². The van der Waals surface area contributed by atoms with Crippen molar-refractivity contribution in [1.82, 2.24) is 5.32 Å². The molecule has 0 bridgehead atoms. The minimum absolute atomic E-state index is 0.207. The van der Waals surface area contributed by atoms with Gasteiger partial charge in [-0.15, -0.1) is 0 Å². The maximum atomic E-state index is 10.3. The molecular weight excluding hydrogens is 290 g/mol. The van der Waals surface area contributed by atoms with Gasteiger partial charge in [-0.25, -0.2) is 0 Å². The fourth-order valence-electron chi connectivity index (χ4n) is 2.72. The molecule has 0 aliphatic carbocycles. The summed E-state index contributed by atoms with van der Waals surface area (Å²) in [6.07, 6.45) is 0.230. The van der Waals surface area contributed by atoms with Gasteiger partial charge in [0.2, 0.25) is 0 Å². The van der Waals surface area contributed by atoms with E-state index < -0.39 is 6.10 Å². The van der Waals surface area contributed by atoms with Crippen LogP contribution in [0, 0.1) is 0 Å². The summed E-state index contributed by atoms with van der Waals surface area (Å²) in [5.41, 5.74) is 2.11. The summed E-state index contributed by atoms with van der Waals surface area (Å²) < 4.78 is 11.1. The highest BCUT2D eigenvalue weighted by atomic mass is 16.6. The van der Waals surface area contributed by atoms with Crippen LogP contribution < -0.4 is 14.8 Å². The van der Waals surface area contributed by atoms with Crippen LogP contribution >= 0.6 is 0 Å². The standard InChI is InChI=1S/C19H23NO3/c1-14(11-17(21)16-5-3-2-4-6-16)20-13-15-7-8-18-19(12-15)23-10-9-22-18/h2-8,12,14,17,20-21H,9-11,13H2,1H3. The number of hydrogen-bond acceptors (Lipinski definition) is 4. The maximum absolute atomic E-state index is 10.3. The minimum atomic E-state index is -0.445. The van der Waals surface area contributed by atoms with Crippen molar-refractivity contribution in [2.75, 3.05) is 13.2 Å². The van der Waals surface area contributed by atoms with Crippen LogP contribution in [0.5, 0.6) is 11.5 Å². The van der Waals surface area contributed by atoms with Gasteiger partial charge in [0, 0.05) is 12.6 Å². The second-order valence-corrected chi connectivity index (χ2v) is 5.92. The number of nitrogens with one attached hydrogen (secondary N) is 1. The number of aliphatic hydroxyl groups is 1. The molecule has 3 rings (SSSR count). The molecule has 2 aromatic carbocycles. The molecule has 4 heteroatoms. The van der Waals surface area contributed by atoms with Gasteiger partial charge in [-0.2, -0.15) is 0 Å². The molecule has 0 amide bonds. The SMILES string of the molecule is CC(CC(O)c1ccccc1)NCc1ccc2c(c1)OCCO2. The smallest absolute Gasteiger partial charge is 0.161 e. The highest BCUT2D eigenvalue weighted by molar-refractivity contribution is 5.43. The summed E-state index contributed by atoms with van der Waals surface area (Å²) in [7, 11) is 0. The van der Waals surface area contributed by atoms with Crippen molar-refractivity contribution in [3.8, 4) is 11.5 Å². The largest absolute Gasteiger partial charge is 0.486 e. The third-order valence-electron chi connectivity index (χ3n) is 4.02. The van der Waals surface area contributed by atoms with E-state index in [1.165, 1.54) is 0 Å². The van der Waals surface area contributed by atoms with Crippen molar-refractivity contribution in [2.24, 2.45) is 0 Å². The number of rotatable bonds is 6.